The van der Waals surface area contributed by atoms with E-state index < -0.39 is 0 Å². The Morgan fingerprint density at radius 1 is 1.21 bits per heavy atom. The fourth-order valence-electron chi connectivity index (χ4n) is 3.72. The molecular formula is C25H33NO2S. The Balaban J connectivity index is 0.000000252. The van der Waals surface area contributed by atoms with Gasteiger partial charge in [-0.25, -0.2) is 0 Å². The van der Waals surface area contributed by atoms with Crippen LogP contribution in [0.25, 0.3) is 16.0 Å². The smallest absolute Gasteiger partial charge is 0.201 e. The van der Waals surface area contributed by atoms with Crippen molar-refractivity contribution < 1.29 is 9.47 Å². The quantitative estimate of drug-likeness (QED) is 0.411. The molecule has 0 saturated carbocycles. The lowest BCUT2D eigenvalue weighted by Crippen LogP contribution is -2.14. The zero-order chi connectivity index (χ0) is 20.6. The van der Waals surface area contributed by atoms with Crippen LogP contribution in [0.4, 0.5) is 0 Å². The van der Waals surface area contributed by atoms with Gasteiger partial charge in [-0.3, -0.25) is 0 Å². The molecule has 4 rings (SSSR count). The molecule has 1 saturated heterocycles. The highest BCUT2D eigenvalue weighted by molar-refractivity contribution is 7.16. The predicted octanol–water partition coefficient (Wildman–Crippen LogP) is 7.29. The van der Waals surface area contributed by atoms with E-state index in [9.17, 15) is 0 Å². The summed E-state index contributed by atoms with van der Waals surface area (Å²) >= 11 is 1.76. The van der Waals surface area contributed by atoms with Crippen LogP contribution in [0.1, 0.15) is 51.2 Å². The number of hydrogen-bond donors (Lipinski definition) is 0. The topological polar surface area (TPSA) is 23.4 Å². The number of allylic oxidation sites excluding steroid dienone is 1. The van der Waals surface area contributed by atoms with Gasteiger partial charge in [0.15, 0.2) is 0 Å². The van der Waals surface area contributed by atoms with Crippen LogP contribution in [0.5, 0.6) is 5.88 Å². The van der Waals surface area contributed by atoms with Gasteiger partial charge in [0.25, 0.3) is 0 Å². The highest BCUT2D eigenvalue weighted by atomic mass is 32.1. The number of nitrogens with zero attached hydrogens (tertiary/aromatic N) is 1. The average molecular weight is 412 g/mol. The highest BCUT2D eigenvalue weighted by Gasteiger charge is 2.13. The van der Waals surface area contributed by atoms with Crippen LogP contribution in [-0.4, -0.2) is 17.8 Å². The Bertz CT molecular complexity index is 931. The van der Waals surface area contributed by atoms with Crippen molar-refractivity contribution in [3.8, 4) is 5.88 Å². The molecule has 1 aliphatic heterocycles. The third-order valence-corrected chi connectivity index (χ3v) is 6.54. The van der Waals surface area contributed by atoms with E-state index in [1.54, 1.807) is 11.3 Å². The molecule has 0 atom stereocenters. The summed E-state index contributed by atoms with van der Waals surface area (Å²) in [5.74, 6) is 2.78. The predicted molar refractivity (Wildman–Crippen MR) is 125 cm³/mol. The first kappa shape index (κ1) is 21.7. The first-order valence-corrected chi connectivity index (χ1v) is 11.6. The molecule has 0 N–H and O–H groups in total. The van der Waals surface area contributed by atoms with Crippen molar-refractivity contribution in [2.45, 2.75) is 53.5 Å². The molecule has 0 aliphatic carbocycles. The normalized spacial score (nSPS) is 15.2. The van der Waals surface area contributed by atoms with E-state index >= 15 is 0 Å². The molecule has 156 valence electrons. The molecule has 2 aromatic heterocycles. The van der Waals surface area contributed by atoms with Crippen LogP contribution in [0.15, 0.2) is 47.9 Å². The summed E-state index contributed by atoms with van der Waals surface area (Å²) in [4.78, 5) is 1.27. The summed E-state index contributed by atoms with van der Waals surface area (Å²) in [6, 6.07) is 12.6. The van der Waals surface area contributed by atoms with E-state index in [4.69, 9.17) is 9.47 Å². The third kappa shape index (κ3) is 5.31. The van der Waals surface area contributed by atoms with Gasteiger partial charge in [-0.1, -0.05) is 37.6 Å². The summed E-state index contributed by atoms with van der Waals surface area (Å²) < 4.78 is 13.7. The molecule has 0 spiro atoms. The van der Waals surface area contributed by atoms with Crippen LogP contribution >= 0.6 is 11.3 Å². The molecule has 0 amide bonds. The minimum Gasteiger partial charge on any atom is -0.441 e. The molecule has 1 aromatic carbocycles. The molecule has 3 aromatic rings. The molecule has 3 heterocycles. The fraction of sp³-hybridized carbons (Fsp3) is 0.440. The van der Waals surface area contributed by atoms with Gasteiger partial charge in [-0.15, -0.1) is 11.3 Å². The van der Waals surface area contributed by atoms with Crippen molar-refractivity contribution in [1.82, 2.24) is 4.57 Å². The van der Waals surface area contributed by atoms with Crippen molar-refractivity contribution in [3.63, 3.8) is 0 Å². The summed E-state index contributed by atoms with van der Waals surface area (Å²) in [7, 11) is 0. The van der Waals surface area contributed by atoms with Crippen molar-refractivity contribution in [2.24, 2.45) is 5.92 Å². The van der Waals surface area contributed by atoms with Gasteiger partial charge in [-0.2, -0.15) is 0 Å². The Morgan fingerprint density at radius 2 is 1.97 bits per heavy atom. The summed E-state index contributed by atoms with van der Waals surface area (Å²) in [5, 5.41) is 3.37. The van der Waals surface area contributed by atoms with Gasteiger partial charge >= 0.3 is 0 Å². The standard InChI is InChI=1S/C18H19NOS.C7H14O/c1-4-16(15-9-7-6-8-13(15)3)20-17-12-14-10-11-21-18(14)19(17)5-2;1-2-7-3-5-8-6-4-7/h4,6-12H,5H2,1-3H3;7H,2-6H2,1H3/b16-4+;. The molecule has 0 bridgehead atoms. The number of ether oxygens (including phenoxy) is 2. The summed E-state index contributed by atoms with van der Waals surface area (Å²) in [6.07, 6.45) is 5.94. The second-order valence-electron chi connectivity index (χ2n) is 7.44. The van der Waals surface area contributed by atoms with Crippen molar-refractivity contribution in [3.05, 3.63) is 59.0 Å². The minimum atomic E-state index is 0.907. The Kier molecular flexibility index (Phi) is 7.96. The number of aromatic nitrogens is 1. The van der Waals surface area contributed by atoms with Crippen LogP contribution < -0.4 is 4.74 Å². The van der Waals surface area contributed by atoms with Gasteiger partial charge in [0.2, 0.25) is 5.88 Å². The maximum atomic E-state index is 6.23. The van der Waals surface area contributed by atoms with Gasteiger partial charge in [-0.05, 0) is 62.6 Å². The van der Waals surface area contributed by atoms with Gasteiger partial charge in [0.1, 0.15) is 10.6 Å². The number of benzene rings is 1. The van der Waals surface area contributed by atoms with Gasteiger partial charge in [0, 0.05) is 36.8 Å². The maximum absolute atomic E-state index is 6.23. The first-order chi connectivity index (χ1) is 14.2. The minimum absolute atomic E-state index is 0.907. The average Bonchev–Trinajstić information content (AvgIpc) is 3.34. The van der Waals surface area contributed by atoms with Crippen LogP contribution in [0.3, 0.4) is 0 Å². The van der Waals surface area contributed by atoms with E-state index in [-0.39, 0.29) is 0 Å². The third-order valence-electron chi connectivity index (χ3n) is 5.59. The Morgan fingerprint density at radius 3 is 2.59 bits per heavy atom. The largest absolute Gasteiger partial charge is 0.441 e. The zero-order valence-corrected chi connectivity index (χ0v) is 18.9. The number of aryl methyl sites for hydroxylation is 2. The lowest BCUT2D eigenvalue weighted by Gasteiger charge is -2.19. The molecule has 1 aliphatic rings. The SMILES string of the molecule is C/C=C(/Oc1cc2ccsc2n1CC)c1ccccc1C.CCC1CCOCC1. The summed E-state index contributed by atoms with van der Waals surface area (Å²) in [6.45, 7) is 11.4. The second kappa shape index (κ2) is 10.7. The Labute approximate surface area is 179 Å². The molecular weight excluding hydrogens is 378 g/mol. The van der Waals surface area contributed by atoms with E-state index in [2.05, 4.69) is 61.1 Å². The molecule has 3 nitrogen and oxygen atoms in total. The van der Waals surface area contributed by atoms with Crippen molar-refractivity contribution >= 4 is 27.3 Å². The first-order valence-electron chi connectivity index (χ1n) is 10.7. The molecule has 4 heteroatoms. The summed E-state index contributed by atoms with van der Waals surface area (Å²) in [5.41, 5.74) is 2.37. The maximum Gasteiger partial charge on any atom is 0.201 e. The monoisotopic (exact) mass is 411 g/mol. The number of fused-ring (bicyclic) bond motifs is 1. The molecule has 29 heavy (non-hydrogen) atoms. The second-order valence-corrected chi connectivity index (χ2v) is 8.34. The number of hydrogen-bond acceptors (Lipinski definition) is 3. The van der Waals surface area contributed by atoms with Crippen molar-refractivity contribution in [2.75, 3.05) is 13.2 Å². The fourth-order valence-corrected chi connectivity index (χ4v) is 4.67. The van der Waals surface area contributed by atoms with Crippen LogP contribution in [0.2, 0.25) is 0 Å². The van der Waals surface area contributed by atoms with E-state index in [1.807, 2.05) is 19.1 Å². The van der Waals surface area contributed by atoms with E-state index in [0.717, 1.165) is 42.9 Å². The van der Waals surface area contributed by atoms with Gasteiger partial charge < -0.3 is 14.0 Å². The lowest BCUT2D eigenvalue weighted by atomic mass is 9.98. The lowest BCUT2D eigenvalue weighted by molar-refractivity contribution is 0.0654. The van der Waals surface area contributed by atoms with Crippen molar-refractivity contribution in [1.29, 1.82) is 0 Å². The highest BCUT2D eigenvalue weighted by Crippen LogP contribution is 2.32. The number of rotatable bonds is 5. The molecule has 0 radical (unpaired) electrons. The Hall–Kier alpha value is -2.04. The van der Waals surface area contributed by atoms with E-state index in [0.29, 0.717) is 0 Å². The molecule has 0 unspecified atom stereocenters. The van der Waals surface area contributed by atoms with Crippen LogP contribution in [0, 0.1) is 12.8 Å². The van der Waals surface area contributed by atoms with Gasteiger partial charge in [0.05, 0.1) is 0 Å². The van der Waals surface area contributed by atoms with E-state index in [1.165, 1.54) is 35.0 Å². The molecule has 1 fully saturated rings. The zero-order valence-electron chi connectivity index (χ0n) is 18.1. The van der Waals surface area contributed by atoms with Crippen LogP contribution in [-0.2, 0) is 11.3 Å². The number of thiophene rings is 1.